The first-order valence-electron chi connectivity index (χ1n) is 8.08. The van der Waals surface area contributed by atoms with Gasteiger partial charge in [0.1, 0.15) is 0 Å². The lowest BCUT2D eigenvalue weighted by Gasteiger charge is -2.14. The van der Waals surface area contributed by atoms with E-state index in [9.17, 15) is 4.79 Å². The lowest BCUT2D eigenvalue weighted by molar-refractivity contribution is 0.0952. The van der Waals surface area contributed by atoms with E-state index in [-0.39, 0.29) is 11.9 Å². The summed E-state index contributed by atoms with van der Waals surface area (Å²) in [6.45, 7) is 1.98. The molecule has 1 atom stereocenters. The fourth-order valence-electron chi connectivity index (χ4n) is 3.33. The van der Waals surface area contributed by atoms with Crippen molar-refractivity contribution in [3.8, 4) is 0 Å². The average molecular weight is 301 g/mol. The van der Waals surface area contributed by atoms with Gasteiger partial charge >= 0.3 is 0 Å². The van der Waals surface area contributed by atoms with Gasteiger partial charge in [-0.3, -0.25) is 4.79 Å². The summed E-state index contributed by atoms with van der Waals surface area (Å²) in [6.07, 6.45) is 6.32. The number of allylic oxidation sites excluding steroid dienone is 2. The highest BCUT2D eigenvalue weighted by molar-refractivity contribution is 5.97. The highest BCUT2D eigenvalue weighted by Crippen LogP contribution is 2.42. The van der Waals surface area contributed by atoms with Gasteiger partial charge in [-0.05, 0) is 53.7 Å². The van der Waals surface area contributed by atoms with Crippen LogP contribution in [0.3, 0.4) is 0 Å². The molecule has 2 aromatic rings. The molecule has 1 fully saturated rings. The second-order valence-electron chi connectivity index (χ2n) is 6.24. The molecule has 1 unspecified atom stereocenters. The van der Waals surface area contributed by atoms with Crippen LogP contribution in [0.1, 0.15) is 39.9 Å². The lowest BCUT2D eigenvalue weighted by atomic mass is 9.91. The van der Waals surface area contributed by atoms with Crippen LogP contribution in [0.5, 0.6) is 0 Å². The highest BCUT2D eigenvalue weighted by atomic mass is 16.1. The van der Waals surface area contributed by atoms with Crippen LogP contribution in [0.2, 0.25) is 0 Å². The Kier molecular flexibility index (Phi) is 3.38. The quantitative estimate of drug-likeness (QED) is 0.877. The van der Waals surface area contributed by atoms with Crippen molar-refractivity contribution in [2.45, 2.75) is 25.8 Å². The first kappa shape index (κ1) is 14.0. The van der Waals surface area contributed by atoms with E-state index in [2.05, 4.69) is 41.7 Å². The molecular formula is C21H19NO. The van der Waals surface area contributed by atoms with Crippen molar-refractivity contribution in [1.82, 2.24) is 5.32 Å². The van der Waals surface area contributed by atoms with Gasteiger partial charge in [0.25, 0.3) is 5.91 Å². The maximum atomic E-state index is 12.4. The number of benzene rings is 2. The number of aryl methyl sites for hydroxylation is 1. The number of carbonyl (C=O) groups is 1. The molecule has 4 rings (SSSR count). The van der Waals surface area contributed by atoms with Crippen LogP contribution in [-0.4, -0.2) is 11.9 Å². The van der Waals surface area contributed by atoms with Gasteiger partial charge in [0.15, 0.2) is 0 Å². The molecule has 1 saturated carbocycles. The van der Waals surface area contributed by atoms with Crippen LogP contribution in [0.15, 0.2) is 60.2 Å². The van der Waals surface area contributed by atoms with E-state index < -0.39 is 0 Å². The molecular weight excluding hydrogens is 282 g/mol. The Labute approximate surface area is 136 Å². The molecule has 2 aromatic carbocycles. The second kappa shape index (κ2) is 5.54. The molecule has 0 saturated heterocycles. The second-order valence-corrected chi connectivity index (χ2v) is 6.24. The molecule has 0 aliphatic heterocycles. The Morgan fingerprint density at radius 1 is 1.09 bits per heavy atom. The van der Waals surface area contributed by atoms with Crippen LogP contribution in [0.25, 0.3) is 11.6 Å². The maximum absolute atomic E-state index is 12.4. The zero-order valence-corrected chi connectivity index (χ0v) is 13.2. The summed E-state index contributed by atoms with van der Waals surface area (Å²) in [5.41, 5.74) is 7.15. The smallest absolute Gasteiger partial charge is 0.252 e. The third-order valence-electron chi connectivity index (χ3n) is 4.67. The molecule has 0 heterocycles. The van der Waals surface area contributed by atoms with Gasteiger partial charge in [-0.1, -0.05) is 54.6 Å². The summed E-state index contributed by atoms with van der Waals surface area (Å²) in [4.78, 5) is 12.4. The van der Waals surface area contributed by atoms with E-state index in [1.54, 1.807) is 0 Å². The summed E-state index contributed by atoms with van der Waals surface area (Å²) < 4.78 is 0. The van der Waals surface area contributed by atoms with Crippen LogP contribution in [0.4, 0.5) is 0 Å². The largest absolute Gasteiger partial charge is 0.345 e. The molecule has 2 aliphatic carbocycles. The van der Waals surface area contributed by atoms with Crippen molar-refractivity contribution in [1.29, 1.82) is 0 Å². The van der Waals surface area contributed by atoms with E-state index in [4.69, 9.17) is 0 Å². The summed E-state index contributed by atoms with van der Waals surface area (Å²) in [6, 6.07) is 16.4. The Morgan fingerprint density at radius 3 is 2.74 bits per heavy atom. The van der Waals surface area contributed by atoms with Crippen molar-refractivity contribution in [2.75, 3.05) is 0 Å². The number of carbonyl (C=O) groups excluding carboxylic acids is 1. The number of fused-ring (bicyclic) bond motifs is 1. The Morgan fingerprint density at radius 2 is 1.87 bits per heavy atom. The van der Waals surface area contributed by atoms with Gasteiger partial charge in [0, 0.05) is 5.56 Å². The van der Waals surface area contributed by atoms with Crippen LogP contribution < -0.4 is 5.32 Å². The van der Waals surface area contributed by atoms with E-state index in [0.717, 1.165) is 24.0 Å². The third-order valence-corrected chi connectivity index (χ3v) is 4.67. The van der Waals surface area contributed by atoms with Crippen LogP contribution in [-0.2, 0) is 0 Å². The number of hydrogen-bond acceptors (Lipinski definition) is 1. The van der Waals surface area contributed by atoms with Gasteiger partial charge < -0.3 is 5.32 Å². The summed E-state index contributed by atoms with van der Waals surface area (Å²) in [5, 5.41) is 3.17. The minimum absolute atomic E-state index is 0.0309. The number of amides is 1. The topological polar surface area (TPSA) is 29.1 Å². The molecule has 0 bridgehead atoms. The normalized spacial score (nSPS) is 21.7. The zero-order valence-electron chi connectivity index (χ0n) is 13.2. The summed E-state index contributed by atoms with van der Waals surface area (Å²) in [7, 11) is 0. The fraction of sp³-hybridized carbons (Fsp3) is 0.190. The molecule has 0 spiro atoms. The maximum Gasteiger partial charge on any atom is 0.252 e. The predicted octanol–water partition coefficient (Wildman–Crippen LogP) is 4.37. The predicted molar refractivity (Wildman–Crippen MR) is 94.1 cm³/mol. The number of nitrogens with one attached hydrogen (secondary N) is 1. The van der Waals surface area contributed by atoms with Crippen molar-refractivity contribution in [3.63, 3.8) is 0 Å². The van der Waals surface area contributed by atoms with Crippen LogP contribution >= 0.6 is 0 Å². The highest BCUT2D eigenvalue weighted by Gasteiger charge is 2.35. The minimum Gasteiger partial charge on any atom is -0.345 e. The van der Waals surface area contributed by atoms with E-state index in [1.807, 2.05) is 31.2 Å². The van der Waals surface area contributed by atoms with Crippen molar-refractivity contribution in [2.24, 2.45) is 0 Å². The van der Waals surface area contributed by atoms with Crippen molar-refractivity contribution in [3.05, 3.63) is 82.4 Å². The van der Waals surface area contributed by atoms with Crippen molar-refractivity contribution >= 4 is 17.6 Å². The minimum atomic E-state index is 0.0309. The molecule has 0 aromatic heterocycles. The van der Waals surface area contributed by atoms with Gasteiger partial charge in [0.05, 0.1) is 6.04 Å². The molecule has 1 N–H and O–H groups in total. The van der Waals surface area contributed by atoms with Gasteiger partial charge in [-0.15, -0.1) is 0 Å². The Balaban J connectivity index is 1.56. The molecule has 2 heteroatoms. The Bertz CT molecular complexity index is 844. The fourth-order valence-corrected chi connectivity index (χ4v) is 3.33. The van der Waals surface area contributed by atoms with E-state index >= 15 is 0 Å². The van der Waals surface area contributed by atoms with E-state index in [0.29, 0.717) is 0 Å². The summed E-state index contributed by atoms with van der Waals surface area (Å²) >= 11 is 0. The molecule has 2 nitrogen and oxygen atoms in total. The SMILES string of the molecule is Cc1ccccc1C(=O)NC1CC1=C1CC=Cc2ccccc21. The average Bonchev–Trinajstić information content (AvgIpc) is 3.33. The number of hydrogen-bond donors (Lipinski definition) is 1. The zero-order chi connectivity index (χ0) is 15.8. The molecule has 1 amide bonds. The van der Waals surface area contributed by atoms with Gasteiger partial charge in [-0.25, -0.2) is 0 Å². The summed E-state index contributed by atoms with van der Waals surface area (Å²) in [5.74, 6) is 0.0309. The standard InChI is InChI=1S/C21H19NO/c1-14-7-2-4-10-16(14)21(23)22-20-13-19(20)18-12-6-9-15-8-3-5-11-17(15)18/h2-11,20H,12-13H2,1H3,(H,22,23). The van der Waals surface area contributed by atoms with Gasteiger partial charge in [0.2, 0.25) is 0 Å². The molecule has 0 radical (unpaired) electrons. The third kappa shape index (κ3) is 2.61. The molecule has 23 heavy (non-hydrogen) atoms. The van der Waals surface area contributed by atoms with E-state index in [1.165, 1.54) is 22.3 Å². The molecule has 2 aliphatic rings. The first-order chi connectivity index (χ1) is 11.2. The van der Waals surface area contributed by atoms with Crippen molar-refractivity contribution < 1.29 is 4.79 Å². The van der Waals surface area contributed by atoms with Crippen LogP contribution in [0, 0.1) is 6.92 Å². The number of rotatable bonds is 2. The monoisotopic (exact) mass is 301 g/mol. The Hall–Kier alpha value is -2.61. The first-order valence-corrected chi connectivity index (χ1v) is 8.08. The lowest BCUT2D eigenvalue weighted by Crippen LogP contribution is -2.26. The molecule has 114 valence electrons. The van der Waals surface area contributed by atoms with Gasteiger partial charge in [-0.2, -0.15) is 0 Å².